The molecule has 0 bridgehead atoms. The molecule has 0 atom stereocenters. The number of benzene rings is 5. The Morgan fingerprint density at radius 2 is 0.952 bits per heavy atom. The molecule has 0 saturated carbocycles. The fourth-order valence-corrected chi connectivity index (χ4v) is 7.80. The summed E-state index contributed by atoms with van der Waals surface area (Å²) in [4.78, 5) is 12.4. The van der Waals surface area contributed by atoms with Crippen LogP contribution < -0.4 is 20.2 Å². The van der Waals surface area contributed by atoms with Gasteiger partial charge in [0.15, 0.2) is 23.0 Å². The lowest BCUT2D eigenvalue weighted by Gasteiger charge is -2.23. The highest BCUT2D eigenvalue weighted by Gasteiger charge is 2.29. The molecule has 0 spiro atoms. The molecule has 2 aliphatic heterocycles. The van der Waals surface area contributed by atoms with Gasteiger partial charge in [0.05, 0.1) is 0 Å². The van der Waals surface area contributed by atoms with Crippen LogP contribution in [0.25, 0.3) is 42.4 Å². The van der Waals surface area contributed by atoms with Gasteiger partial charge < -0.3 is 9.47 Å². The molecule has 0 fully saturated rings. The third kappa shape index (κ3) is 3.47. The lowest BCUT2D eigenvalue weighted by Crippen LogP contribution is -2.22. The van der Waals surface area contributed by atoms with Crippen molar-refractivity contribution in [2.24, 2.45) is 9.98 Å². The molecule has 42 heavy (non-hydrogen) atoms. The van der Waals surface area contributed by atoms with Gasteiger partial charge in [0.25, 0.3) is 0 Å². The summed E-state index contributed by atoms with van der Waals surface area (Å²) in [7, 11) is 0. The number of rotatable bonds is 2. The maximum absolute atomic E-state index is 7.06. The average Bonchev–Trinajstić information content (AvgIpc) is 3.77. The van der Waals surface area contributed by atoms with Crippen LogP contribution in [0.4, 0.5) is 11.4 Å². The van der Waals surface area contributed by atoms with Gasteiger partial charge in [-0.15, -0.1) is 22.7 Å². The van der Waals surface area contributed by atoms with Crippen LogP contribution in [-0.2, 0) is 0 Å². The number of nitrogens with zero attached hydrogens (tertiary/aromatic N) is 2. The van der Waals surface area contributed by atoms with Crippen molar-refractivity contribution in [3.05, 3.63) is 116 Å². The summed E-state index contributed by atoms with van der Waals surface area (Å²) in [5, 5.41) is 9.72. The lowest BCUT2D eigenvalue weighted by molar-refractivity contribution is 0.452. The van der Waals surface area contributed by atoms with E-state index in [9.17, 15) is 0 Å². The van der Waals surface area contributed by atoms with Gasteiger partial charge in [-0.3, -0.25) is 0 Å². The van der Waals surface area contributed by atoms with Crippen LogP contribution in [0.5, 0.6) is 23.0 Å². The topological polar surface area (TPSA) is 43.2 Å². The third-order valence-electron chi connectivity index (χ3n) is 7.65. The summed E-state index contributed by atoms with van der Waals surface area (Å²) in [5.74, 6) is 1.97. The first-order valence-electron chi connectivity index (χ1n) is 13.2. The fraction of sp³-hybridized carbons (Fsp3) is 0. The maximum Gasteiger partial charge on any atom is 0.175 e. The Morgan fingerprint density at radius 3 is 1.36 bits per heavy atom. The highest BCUT2D eigenvalue weighted by molar-refractivity contribution is 7.14. The van der Waals surface area contributed by atoms with Crippen molar-refractivity contribution in [1.29, 1.82) is 0 Å². The molecular weight excluding hydrogens is 603 g/mol. The van der Waals surface area contributed by atoms with E-state index in [2.05, 4.69) is 47.2 Å². The van der Waals surface area contributed by atoms with Crippen LogP contribution in [0.1, 0.15) is 0 Å². The van der Waals surface area contributed by atoms with Crippen molar-refractivity contribution in [2.75, 3.05) is 0 Å². The molecule has 7 aromatic rings. The molecule has 200 valence electrons. The van der Waals surface area contributed by atoms with E-state index in [-0.39, 0.29) is 0 Å². The van der Waals surface area contributed by atoms with Crippen molar-refractivity contribution in [3.63, 3.8) is 0 Å². The van der Waals surface area contributed by atoms with Crippen molar-refractivity contribution >= 4 is 78.8 Å². The molecule has 0 saturated heterocycles. The van der Waals surface area contributed by atoms with Crippen molar-refractivity contribution in [1.82, 2.24) is 0 Å². The molecule has 2 aliphatic rings. The van der Waals surface area contributed by atoms with E-state index in [0.717, 1.165) is 42.4 Å². The van der Waals surface area contributed by atoms with Crippen LogP contribution in [0.15, 0.2) is 106 Å². The number of hydrogen-bond donors (Lipinski definition) is 0. The van der Waals surface area contributed by atoms with Crippen LogP contribution in [0.2, 0.25) is 10.0 Å². The molecule has 0 amide bonds. The maximum atomic E-state index is 7.06. The number of thiophene rings is 2. The number of fused-ring (bicyclic) bond motifs is 8. The Morgan fingerprint density at radius 1 is 0.524 bits per heavy atom. The van der Waals surface area contributed by atoms with Gasteiger partial charge in [-0.25, -0.2) is 9.98 Å². The van der Waals surface area contributed by atoms with E-state index in [1.165, 1.54) is 0 Å². The van der Waals surface area contributed by atoms with Crippen molar-refractivity contribution in [2.45, 2.75) is 0 Å². The van der Waals surface area contributed by atoms with E-state index in [1.54, 1.807) is 22.7 Å². The molecule has 2 aromatic heterocycles. The fourth-order valence-electron chi connectivity index (χ4n) is 5.78. The molecular formula is C34H16Cl2N2O2S2. The highest BCUT2D eigenvalue weighted by Crippen LogP contribution is 2.50. The number of ether oxygens (including phenoxy) is 2. The molecule has 4 heterocycles. The lowest BCUT2D eigenvalue weighted by atomic mass is 10.00. The quantitative estimate of drug-likeness (QED) is 0.193. The zero-order valence-electron chi connectivity index (χ0n) is 21.5. The first kappa shape index (κ1) is 24.4. The molecule has 5 aromatic carbocycles. The largest absolute Gasteiger partial charge is 0.451 e. The summed E-state index contributed by atoms with van der Waals surface area (Å²) in [6, 6.07) is 28.7. The summed E-state index contributed by atoms with van der Waals surface area (Å²) in [5.41, 5.74) is 3.56. The first-order chi connectivity index (χ1) is 20.7. The molecule has 0 aliphatic carbocycles. The Balaban J connectivity index is 1.31. The minimum Gasteiger partial charge on any atom is -0.451 e. The Kier molecular flexibility index (Phi) is 5.32. The predicted octanol–water partition coefficient (Wildman–Crippen LogP) is 10.9. The van der Waals surface area contributed by atoms with E-state index >= 15 is 0 Å². The van der Waals surface area contributed by atoms with Gasteiger partial charge in [-0.1, -0.05) is 83.9 Å². The standard InChI is InChI=1S/C34H16Cl2N2O2S2/c35-27-31-33(39-23-15-21(25-11-5-13-41-25)17-7-1-3-9-19(17)29(23)37-31)28(36)32-34(27)40-24-16-22(26-12-6-14-42-26)18-8-2-4-10-20(18)30(24)38-32/h1-16H. The molecule has 8 heteroatoms. The van der Waals surface area contributed by atoms with Crippen molar-refractivity contribution in [3.8, 4) is 43.9 Å². The van der Waals surface area contributed by atoms with Gasteiger partial charge in [0, 0.05) is 31.7 Å². The van der Waals surface area contributed by atoms with Gasteiger partial charge in [0.1, 0.15) is 32.1 Å². The summed E-state index contributed by atoms with van der Waals surface area (Å²) in [6.07, 6.45) is 0. The molecule has 0 unspecified atom stereocenters. The van der Waals surface area contributed by atoms with Gasteiger partial charge in [-0.2, -0.15) is 0 Å². The zero-order valence-corrected chi connectivity index (χ0v) is 24.7. The average molecular weight is 620 g/mol. The van der Waals surface area contributed by atoms with E-state index in [0.29, 0.717) is 55.1 Å². The van der Waals surface area contributed by atoms with E-state index in [1.807, 2.05) is 48.5 Å². The van der Waals surface area contributed by atoms with Crippen molar-refractivity contribution < 1.29 is 9.47 Å². The molecule has 0 N–H and O–H groups in total. The summed E-state index contributed by atoms with van der Waals surface area (Å²) in [6.45, 7) is 0. The molecule has 9 rings (SSSR count). The highest BCUT2D eigenvalue weighted by atomic mass is 35.5. The van der Waals surface area contributed by atoms with Crippen LogP contribution in [0, 0.1) is 0 Å². The Hall–Kier alpha value is -4.20. The van der Waals surface area contributed by atoms with Crippen LogP contribution >= 0.6 is 45.9 Å². The second-order valence-electron chi connectivity index (χ2n) is 10.00. The SMILES string of the molecule is Clc1c2c(c(Cl)c3c1=Nc1c(cc(-c4cccs4)c4ccccc14)O3)=Nc1c(cc(-c3cccs3)c3ccccc13)O2. The number of hydrogen-bond acceptors (Lipinski definition) is 6. The minimum absolute atomic E-state index is 0.307. The second-order valence-corrected chi connectivity index (χ2v) is 12.6. The van der Waals surface area contributed by atoms with E-state index < -0.39 is 0 Å². The molecule has 4 nitrogen and oxygen atoms in total. The first-order valence-corrected chi connectivity index (χ1v) is 15.7. The smallest absolute Gasteiger partial charge is 0.175 e. The third-order valence-corrected chi connectivity index (χ3v) is 10.2. The second kappa shape index (κ2) is 9.15. The summed E-state index contributed by atoms with van der Waals surface area (Å²) < 4.78 is 13.1. The number of halogens is 2. The monoisotopic (exact) mass is 618 g/mol. The van der Waals surface area contributed by atoms with Crippen LogP contribution in [0.3, 0.4) is 0 Å². The van der Waals surface area contributed by atoms with Gasteiger partial charge in [0.2, 0.25) is 0 Å². The summed E-state index contributed by atoms with van der Waals surface area (Å²) >= 11 is 17.5. The minimum atomic E-state index is 0.307. The molecule has 0 radical (unpaired) electrons. The van der Waals surface area contributed by atoms with Gasteiger partial charge >= 0.3 is 0 Å². The van der Waals surface area contributed by atoms with E-state index in [4.69, 9.17) is 42.7 Å². The van der Waals surface area contributed by atoms with Crippen LogP contribution in [-0.4, -0.2) is 0 Å². The Bertz CT molecular complexity index is 2220. The predicted molar refractivity (Wildman–Crippen MR) is 173 cm³/mol. The van der Waals surface area contributed by atoms with Gasteiger partial charge in [-0.05, 0) is 45.8 Å². The normalized spacial score (nSPS) is 12.8. The zero-order chi connectivity index (χ0) is 27.9. The Labute approximate surface area is 257 Å².